The molecule has 384 valence electrons. The number of hydrogen-bond acceptors (Lipinski definition) is 6. The first-order chi connectivity index (χ1) is 37.0. The van der Waals surface area contributed by atoms with Crippen molar-refractivity contribution in [2.45, 2.75) is 61.1 Å². The van der Waals surface area contributed by atoms with Gasteiger partial charge >= 0.3 is 0 Å². The molecule has 0 N–H and O–H groups in total. The monoisotopic (exact) mass is 1400 g/mol. The van der Waals surface area contributed by atoms with E-state index in [1.807, 2.05) is 93.3 Å². The van der Waals surface area contributed by atoms with Gasteiger partial charge in [-0.1, -0.05) is 52.4 Å². The minimum absolute atomic E-state index is 0. The standard InChI is InChI=1S/C65H43B2N5O2S2.2Pt/c1-36-22-38(3)62(39(4)23-36)45-31-68-71(34-45)47-16-19-55-50(29-47)66-49-26-42(14-18-54(49)73-56-10-8-11-57(74-55)64(56)66)44-28-53(70(7)33-44)43-15-20-58-51(27-43)67-52-30-48(17-21-59(52)76-61-13-9-12-60(75-58)65(61)67)72-35-46(32-69-72)63-40(5)24-37(2)25-41(63)6;;/h8-25,31-32,34-35H,1-7H3;;/q-6;;. The van der Waals surface area contributed by atoms with Crippen molar-refractivity contribution in [2.24, 2.45) is 7.05 Å². The fourth-order valence-corrected chi connectivity index (χ4v) is 14.6. The van der Waals surface area contributed by atoms with Gasteiger partial charge in [-0.15, -0.1) is 57.9 Å². The quantitative estimate of drug-likeness (QED) is 0.122. The first-order valence-corrected chi connectivity index (χ1v) is 27.1. The van der Waals surface area contributed by atoms with Crippen molar-refractivity contribution in [2.75, 3.05) is 0 Å². The molecule has 8 aromatic carbocycles. The molecule has 0 atom stereocenters. The van der Waals surface area contributed by atoms with Gasteiger partial charge < -0.3 is 31.2 Å². The maximum Gasteiger partial charge on any atom is 0.212 e. The van der Waals surface area contributed by atoms with Crippen molar-refractivity contribution in [3.63, 3.8) is 0 Å². The summed E-state index contributed by atoms with van der Waals surface area (Å²) >= 11 is 3.64. The summed E-state index contributed by atoms with van der Waals surface area (Å²) in [5, 5.41) is 9.76. The second kappa shape index (κ2) is 19.3. The minimum atomic E-state index is -0.261. The smallest absolute Gasteiger partial charge is 0.212 e. The second-order valence-electron chi connectivity index (χ2n) is 20.6. The predicted octanol–water partition coefficient (Wildman–Crippen LogP) is 10.9. The van der Waals surface area contributed by atoms with Crippen LogP contribution in [0.4, 0.5) is 0 Å². The molecule has 0 amide bonds. The molecule has 3 aromatic heterocycles. The van der Waals surface area contributed by atoms with E-state index >= 15 is 0 Å². The summed E-state index contributed by atoms with van der Waals surface area (Å²) in [6.07, 6.45) is 11.8. The van der Waals surface area contributed by atoms with E-state index in [1.165, 1.54) is 69.6 Å². The zero-order valence-electron chi connectivity index (χ0n) is 43.4. The molecule has 4 aliphatic heterocycles. The Hall–Kier alpha value is -6.73. The normalized spacial score (nSPS) is 12.9. The molecule has 0 spiro atoms. The van der Waals surface area contributed by atoms with E-state index in [-0.39, 0.29) is 55.6 Å². The van der Waals surface area contributed by atoms with Crippen molar-refractivity contribution >= 4 is 69.7 Å². The van der Waals surface area contributed by atoms with Gasteiger partial charge in [0.05, 0.1) is 12.4 Å². The van der Waals surface area contributed by atoms with Gasteiger partial charge in [0.15, 0.2) is 0 Å². The summed E-state index contributed by atoms with van der Waals surface area (Å²) in [5.74, 6) is 3.00. The predicted molar refractivity (Wildman–Crippen MR) is 306 cm³/mol. The summed E-state index contributed by atoms with van der Waals surface area (Å²) in [6.45, 7) is 12.6. The third kappa shape index (κ3) is 8.13. The van der Waals surface area contributed by atoms with Crippen molar-refractivity contribution in [1.29, 1.82) is 0 Å². The molecule has 7 nitrogen and oxygen atoms in total. The molecule has 13 heteroatoms. The van der Waals surface area contributed by atoms with E-state index < -0.39 is 0 Å². The fraction of sp³-hybridized carbons (Fsp3) is 0.108. The summed E-state index contributed by atoms with van der Waals surface area (Å²) in [6, 6.07) is 57.8. The van der Waals surface area contributed by atoms with E-state index in [4.69, 9.17) is 19.7 Å². The van der Waals surface area contributed by atoms with Gasteiger partial charge in [0.2, 0.25) is 13.4 Å². The molecule has 11 aromatic rings. The van der Waals surface area contributed by atoms with Crippen molar-refractivity contribution in [1.82, 2.24) is 24.1 Å². The Morgan fingerprint density at radius 3 is 1.55 bits per heavy atom. The molecule has 7 heterocycles. The molecule has 0 fully saturated rings. The first kappa shape index (κ1) is 50.8. The van der Waals surface area contributed by atoms with E-state index in [1.54, 1.807) is 0 Å². The van der Waals surface area contributed by atoms with Gasteiger partial charge in [-0.05, 0) is 133 Å². The second-order valence-corrected chi connectivity index (χ2v) is 22.7. The molecular weight excluding hydrogens is 1360 g/mol. The number of fused-ring (bicyclic) bond motifs is 8. The zero-order valence-corrected chi connectivity index (χ0v) is 49.5. The average molecular weight is 1400 g/mol. The summed E-state index contributed by atoms with van der Waals surface area (Å²) in [4.78, 5) is 4.91. The maximum atomic E-state index is 6.64. The average Bonchev–Trinajstić information content (AvgIpc) is 4.23. The van der Waals surface area contributed by atoms with Gasteiger partial charge in [0, 0.05) is 82.6 Å². The molecule has 78 heavy (non-hydrogen) atoms. The topological polar surface area (TPSA) is 59.0 Å². The van der Waals surface area contributed by atoms with Crippen molar-refractivity contribution in [3.05, 3.63) is 204 Å². The molecule has 4 aliphatic rings. The summed E-state index contributed by atoms with van der Waals surface area (Å²) < 4.78 is 19.2. The molecule has 0 radical (unpaired) electrons. The van der Waals surface area contributed by atoms with Crippen LogP contribution in [0.5, 0.6) is 23.0 Å². The first-order valence-electron chi connectivity index (χ1n) is 25.5. The van der Waals surface area contributed by atoms with E-state index in [0.29, 0.717) is 0 Å². The van der Waals surface area contributed by atoms with Crippen LogP contribution in [0, 0.1) is 78.1 Å². The number of hydrogen-bond donors (Lipinski definition) is 0. The number of nitrogens with zero attached hydrogens (tertiary/aromatic N) is 5. The Balaban J connectivity index is 0.00000289. The van der Waals surface area contributed by atoms with Crippen LogP contribution < -0.4 is 42.3 Å². The van der Waals surface area contributed by atoms with Crippen molar-refractivity contribution in [3.8, 4) is 79.0 Å². The zero-order chi connectivity index (χ0) is 51.2. The fourth-order valence-electron chi connectivity index (χ4n) is 12.3. The van der Waals surface area contributed by atoms with E-state index in [0.717, 1.165) is 95.2 Å². The Kier molecular flexibility index (Phi) is 12.5. The molecule has 0 saturated heterocycles. The van der Waals surface area contributed by atoms with E-state index in [9.17, 15) is 0 Å². The van der Waals surface area contributed by atoms with Gasteiger partial charge in [0.25, 0.3) is 0 Å². The Bertz CT molecular complexity index is 4260. The number of aryl methyl sites for hydroxylation is 7. The van der Waals surface area contributed by atoms with Crippen LogP contribution in [0.25, 0.3) is 56.0 Å². The van der Waals surface area contributed by atoms with Gasteiger partial charge in [-0.3, -0.25) is 14.9 Å². The van der Waals surface area contributed by atoms with Gasteiger partial charge in [-0.2, -0.15) is 51.1 Å². The maximum absolute atomic E-state index is 6.64. The number of aromatic nitrogens is 5. The molecule has 15 rings (SSSR count). The van der Waals surface area contributed by atoms with Gasteiger partial charge in [0.1, 0.15) is 11.5 Å². The SMILES string of the molecule is Cc1cc(C)c(-c2cnn(-c3[c-]c4c(cc3)Oc3cccc5c3B4c3[c-]c(-c4[c-]c(-c6[c-]c7c(cc6)Sc6cccc8c6B7c6[c-]c(-n7cc(-c9c(C)cc(C)cc9C)cn7)ccc6S8)n(C)[c-]4)ccc3O5)c2)c(C)c1.[Pt].[Pt]. The van der Waals surface area contributed by atoms with Crippen LogP contribution >= 0.6 is 23.5 Å². The van der Waals surface area contributed by atoms with Crippen molar-refractivity contribution < 1.29 is 51.6 Å². The van der Waals surface area contributed by atoms with Crippen LogP contribution in [0.3, 0.4) is 0 Å². The largest absolute Gasteiger partial charge is 0.520 e. The van der Waals surface area contributed by atoms with Crippen LogP contribution in [-0.2, 0) is 49.2 Å². The third-order valence-corrected chi connectivity index (χ3v) is 17.7. The third-order valence-electron chi connectivity index (χ3n) is 15.4. The summed E-state index contributed by atoms with van der Waals surface area (Å²) in [5.41, 5.74) is 23.6. The van der Waals surface area contributed by atoms with Crippen LogP contribution in [-0.4, -0.2) is 37.6 Å². The molecule has 0 saturated carbocycles. The Morgan fingerprint density at radius 2 is 0.949 bits per heavy atom. The van der Waals surface area contributed by atoms with E-state index in [2.05, 4.69) is 163 Å². The Morgan fingerprint density at radius 1 is 0.474 bits per heavy atom. The molecule has 0 bridgehead atoms. The summed E-state index contributed by atoms with van der Waals surface area (Å²) in [7, 11) is 2.03. The Labute approximate surface area is 492 Å². The number of ether oxygens (including phenoxy) is 2. The van der Waals surface area contributed by atoms with Crippen LogP contribution in [0.15, 0.2) is 154 Å². The molecular formula is C65H43B2N5O2Pt2S2-6. The number of benzene rings is 8. The van der Waals surface area contributed by atoms with Gasteiger partial charge in [-0.25, -0.2) is 36.2 Å². The van der Waals surface area contributed by atoms with Crippen LogP contribution in [0.2, 0.25) is 0 Å². The number of rotatable bonds is 6. The van der Waals surface area contributed by atoms with Crippen LogP contribution in [0.1, 0.15) is 33.4 Å². The molecule has 0 aliphatic carbocycles. The minimum Gasteiger partial charge on any atom is -0.520 e. The molecule has 0 unspecified atom stereocenters.